The fourth-order valence-electron chi connectivity index (χ4n) is 5.78. The second-order valence-electron chi connectivity index (χ2n) is 12.9. The standard InChI is InChI=1S/C33H30N10O13S5.Na.H/c1-14-6-24(43-33(36-14)38-23(40-43)9-35-61(54,55)17-3-5-20(45)22(47)8-17)57-10-15-11-58-30-26(29(49)42(30)27(15)31(50)51)39-28(48)25(18-12-59-32(34)37-18)41-56-13-60(52,53)16-2-4-19(44)21(46)7-16;;/h2-8,12,26,30,35,44-47H,9-11,13H2,1H3,(H2,34,37)(H,39,48)(H,50,51);;/b41-25-;;/t26-,30-;;/m1../s1. The fraction of sp³-hybridized carbons (Fsp3) is 0.212. The van der Waals surface area contributed by atoms with Crippen LogP contribution in [0.15, 0.2) is 79.1 Å². The van der Waals surface area contributed by atoms with Crippen molar-refractivity contribution in [2.24, 2.45) is 5.16 Å². The van der Waals surface area contributed by atoms with Crippen LogP contribution in [0.5, 0.6) is 23.0 Å². The number of sulfonamides is 1. The summed E-state index contributed by atoms with van der Waals surface area (Å²) in [6.45, 7) is 1.32. The Bertz CT molecular complexity index is 2930. The van der Waals surface area contributed by atoms with Crippen LogP contribution in [-0.4, -0.2) is 154 Å². The van der Waals surface area contributed by atoms with Gasteiger partial charge in [-0.05, 0) is 42.8 Å². The molecule has 29 heteroatoms. The van der Waals surface area contributed by atoms with Crippen LogP contribution in [0.2, 0.25) is 0 Å². The van der Waals surface area contributed by atoms with Crippen LogP contribution >= 0.6 is 34.9 Å². The van der Waals surface area contributed by atoms with Crippen molar-refractivity contribution >= 4 is 119 Å². The predicted octanol–water partition coefficient (Wildman–Crippen LogP) is -0.193. The molecule has 1 fully saturated rings. The number of sulfone groups is 1. The Hall–Kier alpha value is -5.20. The van der Waals surface area contributed by atoms with Gasteiger partial charge in [0.05, 0.1) is 16.3 Å². The third kappa shape index (κ3) is 9.56. The van der Waals surface area contributed by atoms with E-state index in [2.05, 4.69) is 35.2 Å². The first-order chi connectivity index (χ1) is 28.8. The Kier molecular flexibility index (Phi) is 13.6. The Morgan fingerprint density at radius 3 is 2.32 bits per heavy atom. The number of thiazole rings is 1. The summed E-state index contributed by atoms with van der Waals surface area (Å²) in [4.78, 5) is 57.7. The molecule has 2 aromatic carbocycles. The van der Waals surface area contributed by atoms with E-state index in [1.807, 2.05) is 0 Å². The quantitative estimate of drug-likeness (QED) is 0.0128. The zero-order chi connectivity index (χ0) is 44.0. The third-order valence-corrected chi connectivity index (χ3v) is 14.6. The number of aromatic nitrogens is 5. The number of oxime groups is 1. The molecule has 5 heterocycles. The van der Waals surface area contributed by atoms with E-state index in [-0.39, 0.29) is 80.6 Å². The van der Waals surface area contributed by atoms with E-state index in [9.17, 15) is 56.8 Å². The number of hydrogen-bond donors (Lipinski definition) is 8. The number of β-lactam (4-membered cyclic amide) rings is 1. The number of fused-ring (bicyclic) bond motifs is 2. The van der Waals surface area contributed by atoms with Crippen molar-refractivity contribution in [2.75, 3.05) is 23.2 Å². The second-order valence-corrected chi connectivity index (χ2v) is 19.6. The number of rotatable bonds is 15. The number of aromatic hydroxyl groups is 4. The molecule has 9 N–H and O–H groups in total. The van der Waals surface area contributed by atoms with E-state index in [1.54, 1.807) is 13.0 Å². The Morgan fingerprint density at radius 2 is 1.68 bits per heavy atom. The number of hydrogen-bond acceptors (Lipinski definition) is 21. The SMILES string of the molecule is Cc1cc(SCC2=C(C(=O)O)N3C(=O)[C@@H](NC(=O)/C(=N\OCS(=O)(=O)c4ccc(O)c(O)c4)c4csc(N)n4)[C@H]3SC2)n2nc(CNS(=O)(=O)c3ccc(O)c(O)c3)nc2n1.[NaH]. The number of carboxylic acids is 1. The topological polar surface area (TPSA) is 352 Å². The molecule has 0 aliphatic carbocycles. The first-order valence-corrected chi connectivity index (χ1v) is 23.1. The normalized spacial score (nSPS) is 16.7. The van der Waals surface area contributed by atoms with Gasteiger partial charge in [0.25, 0.3) is 17.6 Å². The van der Waals surface area contributed by atoms with Crippen molar-refractivity contribution < 1.29 is 61.6 Å². The molecule has 23 nitrogen and oxygen atoms in total. The first kappa shape index (κ1) is 46.3. The van der Waals surface area contributed by atoms with Crippen LogP contribution in [0, 0.1) is 6.92 Å². The van der Waals surface area contributed by atoms with Crippen LogP contribution in [-0.2, 0) is 45.6 Å². The Balaban J connectivity index is 0.00000641. The molecule has 2 aliphatic rings. The molecule has 5 aromatic rings. The van der Waals surface area contributed by atoms with Crippen molar-refractivity contribution in [1.82, 2.24) is 39.5 Å². The summed E-state index contributed by atoms with van der Waals surface area (Å²) < 4.78 is 54.8. The summed E-state index contributed by atoms with van der Waals surface area (Å²) in [5.41, 5.74) is 5.67. The van der Waals surface area contributed by atoms with Crippen molar-refractivity contribution in [3.05, 3.63) is 76.3 Å². The van der Waals surface area contributed by atoms with Gasteiger partial charge in [0.2, 0.25) is 25.8 Å². The zero-order valence-corrected chi connectivity index (χ0v) is 34.9. The number of carboxylic acid groups (broad SMARTS) is 1. The van der Waals surface area contributed by atoms with E-state index < -0.39 is 88.6 Å². The molecule has 7 rings (SSSR count). The molecule has 3 aromatic heterocycles. The molecule has 2 aliphatic heterocycles. The van der Waals surface area contributed by atoms with Gasteiger partial charge >= 0.3 is 35.5 Å². The van der Waals surface area contributed by atoms with Gasteiger partial charge in [-0.3, -0.25) is 14.5 Å². The fourth-order valence-corrected chi connectivity index (χ4v) is 10.8. The van der Waals surface area contributed by atoms with Gasteiger partial charge in [0.1, 0.15) is 27.8 Å². The molecule has 0 spiro atoms. The molecule has 0 unspecified atom stereocenters. The summed E-state index contributed by atoms with van der Waals surface area (Å²) in [5, 5.41) is 60.3. The molecular weight excluding hydrogens is 928 g/mol. The van der Waals surface area contributed by atoms with Gasteiger partial charge < -0.3 is 41.4 Å². The number of aliphatic carboxylic acids is 1. The molecule has 0 bridgehead atoms. The molecule has 1 saturated heterocycles. The monoisotopic (exact) mass is 958 g/mol. The van der Waals surface area contributed by atoms with Crippen molar-refractivity contribution in [3.63, 3.8) is 0 Å². The Morgan fingerprint density at radius 1 is 1.00 bits per heavy atom. The molecule has 2 amide bonds. The number of nitrogens with two attached hydrogens (primary N) is 1. The van der Waals surface area contributed by atoms with Crippen LogP contribution in [0.25, 0.3) is 5.78 Å². The molecule has 0 radical (unpaired) electrons. The van der Waals surface area contributed by atoms with Gasteiger partial charge in [-0.25, -0.2) is 36.3 Å². The van der Waals surface area contributed by atoms with Crippen LogP contribution in [0.3, 0.4) is 0 Å². The number of carbonyl (C=O) groups excluding carboxylic acids is 2. The molecule has 0 saturated carbocycles. The van der Waals surface area contributed by atoms with E-state index in [0.29, 0.717) is 16.3 Å². The average molecular weight is 959 g/mol. The van der Waals surface area contributed by atoms with Crippen LogP contribution in [0.4, 0.5) is 5.13 Å². The minimum atomic E-state index is -4.26. The van der Waals surface area contributed by atoms with E-state index >= 15 is 0 Å². The number of carbonyl (C=O) groups is 3. The number of benzene rings is 2. The number of amides is 2. The van der Waals surface area contributed by atoms with E-state index in [4.69, 9.17) is 10.6 Å². The Labute approximate surface area is 384 Å². The van der Waals surface area contributed by atoms with Gasteiger partial charge in [0, 0.05) is 34.7 Å². The van der Waals surface area contributed by atoms with E-state index in [0.717, 1.165) is 64.4 Å². The molecular formula is C33H31N10NaO13S5. The van der Waals surface area contributed by atoms with Gasteiger partial charge in [-0.15, -0.1) is 40.0 Å². The molecule has 322 valence electrons. The number of nitrogen functional groups attached to an aromatic ring is 1. The second kappa shape index (κ2) is 18.3. The summed E-state index contributed by atoms with van der Waals surface area (Å²) in [6, 6.07) is 6.20. The summed E-state index contributed by atoms with van der Waals surface area (Å²) in [7, 11) is -8.41. The maximum atomic E-state index is 13.5. The summed E-state index contributed by atoms with van der Waals surface area (Å²) in [6.07, 6.45) is 0. The summed E-state index contributed by atoms with van der Waals surface area (Å²) >= 11 is 3.27. The minimum absolute atomic E-state index is 0. The van der Waals surface area contributed by atoms with Crippen molar-refractivity contribution in [1.29, 1.82) is 0 Å². The maximum absolute atomic E-state index is 13.5. The van der Waals surface area contributed by atoms with Crippen LogP contribution in [0.1, 0.15) is 17.2 Å². The van der Waals surface area contributed by atoms with Gasteiger partial charge in [0.15, 0.2) is 39.7 Å². The number of phenols is 4. The number of anilines is 1. The predicted molar refractivity (Wildman–Crippen MR) is 223 cm³/mol. The third-order valence-electron chi connectivity index (χ3n) is 8.71. The first-order valence-electron chi connectivity index (χ1n) is 17.1. The summed E-state index contributed by atoms with van der Waals surface area (Å²) in [5.74, 6) is -6.31. The number of phenolic OH excluding ortho intramolecular Hbond substituents is 4. The van der Waals surface area contributed by atoms with Gasteiger partial charge in [-0.1, -0.05) is 5.16 Å². The van der Waals surface area contributed by atoms with E-state index in [1.165, 1.54) is 21.7 Å². The van der Waals surface area contributed by atoms with Crippen molar-refractivity contribution in [3.8, 4) is 23.0 Å². The van der Waals surface area contributed by atoms with Crippen LogP contribution < -0.4 is 15.8 Å². The molecule has 62 heavy (non-hydrogen) atoms. The average Bonchev–Trinajstić information content (AvgIpc) is 3.83. The number of nitrogens with one attached hydrogen (secondary N) is 2. The number of nitrogens with zero attached hydrogens (tertiary/aromatic N) is 7. The number of thioether (sulfide) groups is 2. The zero-order valence-electron chi connectivity index (χ0n) is 30.9. The van der Waals surface area contributed by atoms with Crippen molar-refractivity contribution in [2.45, 2.75) is 39.7 Å². The number of aryl methyl sites for hydroxylation is 1. The molecule has 2 atom stereocenters. The van der Waals surface area contributed by atoms with Gasteiger partial charge in [-0.2, -0.15) is 9.50 Å².